The molecule has 22 heavy (non-hydrogen) atoms. The Morgan fingerprint density at radius 2 is 1.86 bits per heavy atom. The number of hydrogen-bond donors (Lipinski definition) is 3. The average Bonchev–Trinajstić information content (AvgIpc) is 2.42. The molecule has 3 N–H and O–H groups in total. The molecular formula is C12H12N2O7S. The molecule has 1 aliphatic rings. The van der Waals surface area contributed by atoms with Crippen molar-refractivity contribution in [1.29, 1.82) is 0 Å². The van der Waals surface area contributed by atoms with Crippen LogP contribution in [0.2, 0.25) is 0 Å². The molecule has 0 saturated carbocycles. The van der Waals surface area contributed by atoms with E-state index in [9.17, 15) is 22.8 Å². The van der Waals surface area contributed by atoms with Gasteiger partial charge in [0.25, 0.3) is 5.91 Å². The van der Waals surface area contributed by atoms with Crippen LogP contribution < -0.4 is 5.32 Å². The van der Waals surface area contributed by atoms with Crippen LogP contribution in [0.15, 0.2) is 30.3 Å². The Morgan fingerprint density at radius 3 is 2.32 bits per heavy atom. The largest absolute Gasteiger partial charge is 0.480 e. The third-order valence-electron chi connectivity index (χ3n) is 3.13. The predicted octanol–water partition coefficient (Wildman–Crippen LogP) is -1.02. The molecule has 0 aliphatic carbocycles. The molecule has 118 valence electrons. The van der Waals surface area contributed by atoms with Gasteiger partial charge in [-0.2, -0.15) is 8.42 Å². The normalized spacial score (nSPS) is 19.2. The fraction of sp³-hybridized carbons (Fsp3) is 0.250. The molecule has 0 spiro atoms. The van der Waals surface area contributed by atoms with Crippen molar-refractivity contribution in [3.63, 3.8) is 0 Å². The van der Waals surface area contributed by atoms with Gasteiger partial charge in [-0.1, -0.05) is 30.3 Å². The van der Waals surface area contributed by atoms with E-state index in [0.29, 0.717) is 0 Å². The van der Waals surface area contributed by atoms with Gasteiger partial charge < -0.3 is 10.4 Å². The molecule has 1 fully saturated rings. The molecule has 1 heterocycles. The van der Waals surface area contributed by atoms with Crippen LogP contribution in [0.1, 0.15) is 11.5 Å². The zero-order valence-corrected chi connectivity index (χ0v) is 11.9. The van der Waals surface area contributed by atoms with E-state index < -0.39 is 46.6 Å². The molecule has 1 aromatic carbocycles. The fourth-order valence-corrected chi connectivity index (χ4v) is 2.71. The van der Waals surface area contributed by atoms with Crippen molar-refractivity contribution >= 4 is 28.1 Å². The molecule has 0 radical (unpaired) electrons. The summed E-state index contributed by atoms with van der Waals surface area (Å²) in [6, 6.07) is 6.50. The van der Waals surface area contributed by atoms with Crippen LogP contribution >= 0.6 is 0 Å². The lowest BCUT2D eigenvalue weighted by Gasteiger charge is -2.35. The first-order valence-electron chi connectivity index (χ1n) is 6.09. The van der Waals surface area contributed by atoms with E-state index in [4.69, 9.17) is 9.66 Å². The third-order valence-corrected chi connectivity index (χ3v) is 4.02. The number of β-lactam (4-membered cyclic amide) rings is 1. The second-order valence-electron chi connectivity index (χ2n) is 4.59. The Bertz CT molecular complexity index is 716. The highest BCUT2D eigenvalue weighted by atomic mass is 32.2. The smallest absolute Gasteiger partial charge is 0.362 e. The number of carbonyl (C=O) groups excluding carboxylic acids is 2. The van der Waals surface area contributed by atoms with Gasteiger partial charge in [0.1, 0.15) is 6.04 Å². The van der Waals surface area contributed by atoms with Gasteiger partial charge in [0.2, 0.25) is 5.91 Å². The molecule has 2 amide bonds. The maximum atomic E-state index is 12.0. The topological polar surface area (TPSA) is 141 Å². The fourth-order valence-electron chi connectivity index (χ4n) is 2.02. The molecule has 0 aromatic heterocycles. The van der Waals surface area contributed by atoms with Gasteiger partial charge in [-0.25, -0.2) is 4.31 Å². The van der Waals surface area contributed by atoms with E-state index >= 15 is 0 Å². The van der Waals surface area contributed by atoms with Gasteiger partial charge in [-0.15, -0.1) is 0 Å². The van der Waals surface area contributed by atoms with Crippen molar-refractivity contribution in [2.45, 2.75) is 12.0 Å². The second-order valence-corrected chi connectivity index (χ2v) is 5.93. The minimum Gasteiger partial charge on any atom is -0.480 e. The number of nitrogens with zero attached hydrogens (tertiary/aromatic N) is 1. The Balaban J connectivity index is 2.09. The van der Waals surface area contributed by atoms with E-state index in [1.54, 1.807) is 18.2 Å². The first-order valence-corrected chi connectivity index (χ1v) is 7.48. The summed E-state index contributed by atoms with van der Waals surface area (Å²) in [5.74, 6) is -4.88. The van der Waals surface area contributed by atoms with Crippen LogP contribution in [0.5, 0.6) is 0 Å². The monoisotopic (exact) mass is 328 g/mol. The number of amides is 2. The number of nitrogens with one attached hydrogen (secondary N) is 1. The highest BCUT2D eigenvalue weighted by molar-refractivity contribution is 7.84. The van der Waals surface area contributed by atoms with Gasteiger partial charge >= 0.3 is 16.3 Å². The van der Waals surface area contributed by atoms with Crippen LogP contribution in [0.25, 0.3) is 0 Å². The number of benzene rings is 1. The summed E-state index contributed by atoms with van der Waals surface area (Å²) in [5, 5.41) is 11.3. The zero-order valence-electron chi connectivity index (χ0n) is 11.0. The van der Waals surface area contributed by atoms with Gasteiger partial charge in [0, 0.05) is 0 Å². The van der Waals surface area contributed by atoms with Crippen molar-refractivity contribution in [2.75, 3.05) is 6.54 Å². The Hall–Kier alpha value is -2.46. The number of carboxylic acids is 1. The molecule has 2 atom stereocenters. The standard InChI is InChI=1S/C12H12N2O7S/c15-10(9(12(17)18)7-4-2-1-3-5-7)13-8-6-14(11(8)16)22(19,20)21/h1-5,8-9H,6H2,(H,13,15)(H,17,18)(H,19,20,21)/t8-,9?/m0/s1. The van der Waals surface area contributed by atoms with E-state index in [0.717, 1.165) is 0 Å². The lowest BCUT2D eigenvalue weighted by molar-refractivity contribution is -0.147. The van der Waals surface area contributed by atoms with Crippen molar-refractivity contribution < 1.29 is 32.5 Å². The molecular weight excluding hydrogens is 316 g/mol. The zero-order chi connectivity index (χ0) is 16.5. The maximum absolute atomic E-state index is 12.0. The molecule has 0 bridgehead atoms. The quantitative estimate of drug-likeness (QED) is 0.357. The molecule has 1 unspecified atom stereocenters. The highest BCUT2D eigenvalue weighted by Gasteiger charge is 2.45. The minimum atomic E-state index is -4.66. The SMILES string of the molecule is O=C(O)C(C(=O)N[C@H]1CN(S(=O)(=O)O)C1=O)c1ccccc1. The van der Waals surface area contributed by atoms with E-state index in [-0.39, 0.29) is 9.87 Å². The van der Waals surface area contributed by atoms with Crippen molar-refractivity contribution in [3.05, 3.63) is 35.9 Å². The molecule has 2 rings (SSSR count). The summed E-state index contributed by atoms with van der Waals surface area (Å²) >= 11 is 0. The minimum absolute atomic E-state index is 0.177. The van der Waals surface area contributed by atoms with Crippen LogP contribution in [-0.4, -0.2) is 52.8 Å². The number of aliphatic carboxylic acids is 1. The van der Waals surface area contributed by atoms with Crippen LogP contribution in [0.3, 0.4) is 0 Å². The number of carbonyl (C=O) groups is 3. The maximum Gasteiger partial charge on any atom is 0.362 e. The lowest BCUT2D eigenvalue weighted by atomic mass is 9.97. The molecule has 1 aliphatic heterocycles. The highest BCUT2D eigenvalue weighted by Crippen LogP contribution is 2.19. The van der Waals surface area contributed by atoms with E-state index in [2.05, 4.69) is 5.32 Å². The van der Waals surface area contributed by atoms with Crippen molar-refractivity contribution in [3.8, 4) is 0 Å². The number of hydrogen-bond acceptors (Lipinski definition) is 5. The van der Waals surface area contributed by atoms with Gasteiger partial charge in [-0.05, 0) is 5.56 Å². The molecule has 10 heteroatoms. The average molecular weight is 328 g/mol. The Morgan fingerprint density at radius 1 is 1.27 bits per heavy atom. The van der Waals surface area contributed by atoms with Crippen LogP contribution in [0.4, 0.5) is 0 Å². The van der Waals surface area contributed by atoms with Crippen molar-refractivity contribution in [2.24, 2.45) is 0 Å². The summed E-state index contributed by atoms with van der Waals surface area (Å²) in [5.41, 5.74) is 0.228. The first-order chi connectivity index (χ1) is 10.2. The lowest BCUT2D eigenvalue weighted by Crippen LogP contribution is -2.65. The summed E-state index contributed by atoms with van der Waals surface area (Å²) in [7, 11) is -4.66. The Kier molecular flexibility index (Phi) is 4.15. The van der Waals surface area contributed by atoms with Crippen molar-refractivity contribution in [1.82, 2.24) is 9.62 Å². The number of carboxylic acid groups (broad SMARTS) is 1. The predicted molar refractivity (Wildman–Crippen MR) is 72.0 cm³/mol. The first kappa shape index (κ1) is 15.9. The van der Waals surface area contributed by atoms with Crippen LogP contribution in [-0.2, 0) is 24.7 Å². The molecule has 1 saturated heterocycles. The van der Waals surface area contributed by atoms with Gasteiger partial charge in [0.15, 0.2) is 5.92 Å². The van der Waals surface area contributed by atoms with E-state index in [1.165, 1.54) is 12.1 Å². The summed E-state index contributed by atoms with van der Waals surface area (Å²) in [4.78, 5) is 34.8. The van der Waals surface area contributed by atoms with E-state index in [1.807, 2.05) is 0 Å². The molecule has 1 aromatic rings. The van der Waals surface area contributed by atoms with Crippen LogP contribution in [0, 0.1) is 0 Å². The van der Waals surface area contributed by atoms with Gasteiger partial charge in [0.05, 0.1) is 6.54 Å². The number of rotatable bonds is 5. The summed E-state index contributed by atoms with van der Waals surface area (Å²) in [6.07, 6.45) is 0. The Labute approximate surface area is 125 Å². The molecule has 9 nitrogen and oxygen atoms in total. The van der Waals surface area contributed by atoms with Gasteiger partial charge in [-0.3, -0.25) is 18.9 Å². The summed E-state index contributed by atoms with van der Waals surface area (Å²) in [6.45, 7) is -0.440. The third kappa shape index (κ3) is 3.07. The second kappa shape index (κ2) is 5.73. The summed E-state index contributed by atoms with van der Waals surface area (Å²) < 4.78 is 30.4.